The predicted molar refractivity (Wildman–Crippen MR) is 39.5 cm³/mol. The molecule has 0 aliphatic carbocycles. The normalized spacial score (nSPS) is 9.80. The Bertz CT molecular complexity index is 235. The van der Waals surface area contributed by atoms with Crippen LogP contribution in [0.1, 0.15) is 5.56 Å². The van der Waals surface area contributed by atoms with Crippen LogP contribution in [0.3, 0.4) is 0 Å². The van der Waals surface area contributed by atoms with Crippen molar-refractivity contribution in [3.05, 3.63) is 22.7 Å². The summed E-state index contributed by atoms with van der Waals surface area (Å²) in [5.74, 6) is -0.00176. The molecule has 0 saturated carbocycles. The Hall–Kier alpha value is -0.890. The summed E-state index contributed by atoms with van der Waals surface area (Å²) in [6.45, 7) is 1.68. The third-order valence-electron chi connectivity index (χ3n) is 1.30. The number of phenols is 2. The summed E-state index contributed by atoms with van der Waals surface area (Å²) in [5, 5.41) is 18.3. The summed E-state index contributed by atoms with van der Waals surface area (Å²) in [5.41, 5.74) is 0.583. The van der Waals surface area contributed by atoms with Crippen LogP contribution in [0, 0.1) is 6.92 Å². The molecule has 1 aromatic carbocycles. The number of hydrogen-bond donors (Lipinski definition) is 2. The van der Waals surface area contributed by atoms with Gasteiger partial charge in [-0.1, -0.05) is 11.6 Å². The van der Waals surface area contributed by atoms with Crippen LogP contribution < -0.4 is 0 Å². The fourth-order valence-corrected chi connectivity index (χ4v) is 0.859. The zero-order chi connectivity index (χ0) is 7.72. The molecule has 10 heavy (non-hydrogen) atoms. The molecule has 0 fully saturated rings. The Kier molecular flexibility index (Phi) is 1.72. The molecule has 0 aromatic heterocycles. The third kappa shape index (κ3) is 1.16. The smallest absolute Gasteiger partial charge is 0.123 e. The molecule has 3 heteroatoms. The summed E-state index contributed by atoms with van der Waals surface area (Å²) in [6, 6.07) is 2.64. The van der Waals surface area contributed by atoms with Crippen molar-refractivity contribution in [1.29, 1.82) is 0 Å². The Labute approximate surface area is 63.7 Å². The van der Waals surface area contributed by atoms with Crippen molar-refractivity contribution < 1.29 is 10.2 Å². The van der Waals surface area contributed by atoms with Crippen molar-refractivity contribution in [3.8, 4) is 11.5 Å². The Morgan fingerprint density at radius 2 is 1.90 bits per heavy atom. The SMILES string of the molecule is Cc1c(O)cc(O)cc1Cl. The van der Waals surface area contributed by atoms with Crippen LogP contribution in [-0.2, 0) is 0 Å². The number of halogens is 1. The Balaban J connectivity index is 3.31. The van der Waals surface area contributed by atoms with Crippen molar-refractivity contribution in [2.24, 2.45) is 0 Å². The Morgan fingerprint density at radius 3 is 2.40 bits per heavy atom. The minimum Gasteiger partial charge on any atom is -0.508 e. The second-order valence-corrected chi connectivity index (χ2v) is 2.48. The molecule has 0 amide bonds. The highest BCUT2D eigenvalue weighted by atomic mass is 35.5. The first kappa shape index (κ1) is 7.22. The van der Waals surface area contributed by atoms with Gasteiger partial charge in [0.15, 0.2) is 0 Å². The van der Waals surface area contributed by atoms with E-state index in [1.807, 2.05) is 0 Å². The second-order valence-electron chi connectivity index (χ2n) is 2.07. The van der Waals surface area contributed by atoms with Crippen molar-refractivity contribution >= 4 is 11.6 Å². The number of phenolic OH excluding ortho intramolecular Hbond substituents is 2. The highest BCUT2D eigenvalue weighted by molar-refractivity contribution is 6.31. The van der Waals surface area contributed by atoms with Crippen LogP contribution in [0.2, 0.25) is 5.02 Å². The zero-order valence-electron chi connectivity index (χ0n) is 5.43. The van der Waals surface area contributed by atoms with E-state index < -0.39 is 0 Å². The molecule has 2 N–H and O–H groups in total. The first-order chi connectivity index (χ1) is 4.61. The molecule has 2 nitrogen and oxygen atoms in total. The topological polar surface area (TPSA) is 40.5 Å². The summed E-state index contributed by atoms with van der Waals surface area (Å²) in [7, 11) is 0. The fraction of sp³-hybridized carbons (Fsp3) is 0.143. The van der Waals surface area contributed by atoms with Crippen molar-refractivity contribution in [1.82, 2.24) is 0 Å². The van der Waals surface area contributed by atoms with Gasteiger partial charge in [0.2, 0.25) is 0 Å². The van der Waals surface area contributed by atoms with Gasteiger partial charge in [-0.2, -0.15) is 0 Å². The van der Waals surface area contributed by atoms with Crippen LogP contribution in [0.15, 0.2) is 12.1 Å². The summed E-state index contributed by atoms with van der Waals surface area (Å²) < 4.78 is 0. The first-order valence-corrected chi connectivity index (χ1v) is 3.17. The van der Waals surface area contributed by atoms with E-state index >= 15 is 0 Å². The van der Waals surface area contributed by atoms with Crippen molar-refractivity contribution in [3.63, 3.8) is 0 Å². The quantitative estimate of drug-likeness (QED) is 0.607. The van der Waals surface area contributed by atoms with Gasteiger partial charge in [-0.05, 0) is 13.0 Å². The van der Waals surface area contributed by atoms with Crippen molar-refractivity contribution in [2.75, 3.05) is 0 Å². The van der Waals surface area contributed by atoms with E-state index in [9.17, 15) is 0 Å². The molecule has 0 heterocycles. The highest BCUT2D eigenvalue weighted by Gasteiger charge is 2.02. The van der Waals surface area contributed by atoms with Gasteiger partial charge in [-0.25, -0.2) is 0 Å². The molecule has 1 aromatic rings. The van der Waals surface area contributed by atoms with Gasteiger partial charge in [-0.15, -0.1) is 0 Å². The number of rotatable bonds is 0. The number of aromatic hydroxyl groups is 2. The number of benzene rings is 1. The van der Waals surface area contributed by atoms with Crippen LogP contribution in [0.5, 0.6) is 11.5 Å². The van der Waals surface area contributed by atoms with Crippen LogP contribution >= 0.6 is 11.6 Å². The zero-order valence-corrected chi connectivity index (χ0v) is 6.18. The molecule has 0 aliphatic heterocycles. The number of hydrogen-bond acceptors (Lipinski definition) is 2. The molecule has 54 valence electrons. The lowest BCUT2D eigenvalue weighted by atomic mass is 10.2. The molecule has 0 radical (unpaired) electrons. The lowest BCUT2D eigenvalue weighted by Gasteiger charge is -2.00. The van der Waals surface area contributed by atoms with Crippen LogP contribution in [-0.4, -0.2) is 10.2 Å². The van der Waals surface area contributed by atoms with Crippen molar-refractivity contribution in [2.45, 2.75) is 6.92 Å². The van der Waals surface area contributed by atoms with Gasteiger partial charge < -0.3 is 10.2 Å². The molecular formula is C7H7ClO2. The van der Waals surface area contributed by atoms with E-state index in [0.29, 0.717) is 10.6 Å². The van der Waals surface area contributed by atoms with Gasteiger partial charge in [-0.3, -0.25) is 0 Å². The van der Waals surface area contributed by atoms with Crippen LogP contribution in [0.25, 0.3) is 0 Å². The lowest BCUT2D eigenvalue weighted by molar-refractivity contribution is 0.448. The van der Waals surface area contributed by atoms with E-state index in [-0.39, 0.29) is 11.5 Å². The summed E-state index contributed by atoms with van der Waals surface area (Å²) >= 11 is 5.60. The van der Waals surface area contributed by atoms with E-state index in [4.69, 9.17) is 21.8 Å². The second kappa shape index (κ2) is 2.39. The molecule has 0 spiro atoms. The molecule has 0 atom stereocenters. The lowest BCUT2D eigenvalue weighted by Crippen LogP contribution is -1.75. The first-order valence-electron chi connectivity index (χ1n) is 2.79. The highest BCUT2D eigenvalue weighted by Crippen LogP contribution is 2.29. The van der Waals surface area contributed by atoms with Gasteiger partial charge in [0.1, 0.15) is 11.5 Å². The molecule has 0 aliphatic rings. The van der Waals surface area contributed by atoms with E-state index in [1.165, 1.54) is 12.1 Å². The molecule has 0 unspecified atom stereocenters. The van der Waals surface area contributed by atoms with Gasteiger partial charge in [0.25, 0.3) is 0 Å². The Morgan fingerprint density at radius 1 is 1.30 bits per heavy atom. The van der Waals surface area contributed by atoms with Gasteiger partial charge >= 0.3 is 0 Å². The fourth-order valence-electron chi connectivity index (χ4n) is 0.650. The van der Waals surface area contributed by atoms with Crippen LogP contribution in [0.4, 0.5) is 0 Å². The molecule has 1 rings (SSSR count). The maximum absolute atomic E-state index is 9.04. The third-order valence-corrected chi connectivity index (χ3v) is 1.69. The molecular weight excluding hydrogens is 152 g/mol. The average Bonchev–Trinajstić information content (AvgIpc) is 1.82. The maximum Gasteiger partial charge on any atom is 0.123 e. The largest absolute Gasteiger partial charge is 0.508 e. The standard InChI is InChI=1S/C7H7ClO2/c1-4-6(8)2-5(9)3-7(4)10/h2-3,9-10H,1H3. The van der Waals surface area contributed by atoms with E-state index in [0.717, 1.165) is 0 Å². The van der Waals surface area contributed by atoms with E-state index in [1.54, 1.807) is 6.92 Å². The minimum absolute atomic E-state index is 0.0185. The minimum atomic E-state index is -0.0203. The van der Waals surface area contributed by atoms with Gasteiger partial charge in [0, 0.05) is 11.6 Å². The summed E-state index contributed by atoms with van der Waals surface area (Å²) in [6.07, 6.45) is 0. The predicted octanol–water partition coefficient (Wildman–Crippen LogP) is 2.06. The average molecular weight is 159 g/mol. The van der Waals surface area contributed by atoms with Gasteiger partial charge in [0.05, 0.1) is 5.02 Å². The molecule has 0 bridgehead atoms. The monoisotopic (exact) mass is 158 g/mol. The summed E-state index contributed by atoms with van der Waals surface area (Å²) in [4.78, 5) is 0. The maximum atomic E-state index is 9.04. The van der Waals surface area contributed by atoms with E-state index in [2.05, 4.69) is 0 Å². The molecule has 0 saturated heterocycles.